The average molecular weight is 324 g/mol. The number of amides is 1. The van der Waals surface area contributed by atoms with Crippen LogP contribution < -0.4 is 0 Å². The lowest BCUT2D eigenvalue weighted by atomic mass is 10.0. The van der Waals surface area contributed by atoms with Gasteiger partial charge in [0.1, 0.15) is 11.9 Å². The molecule has 3 rings (SSSR count). The number of rotatable bonds is 4. The summed E-state index contributed by atoms with van der Waals surface area (Å²) in [6, 6.07) is 7.90. The van der Waals surface area contributed by atoms with Crippen LogP contribution >= 0.6 is 0 Å². The number of hydrogen-bond acceptors (Lipinski definition) is 4. The number of carbonyl (C=O) groups is 1. The zero-order chi connectivity index (χ0) is 17.3. The van der Waals surface area contributed by atoms with Gasteiger partial charge in [-0.15, -0.1) is 0 Å². The standard InChI is InChI=1S/C19H24N4O/c1-5-17-20-10-15-11-23(12-16(15)21-17)19(24)18(22(3)4)14-8-6-13(2)7-9-14/h6-10,18H,5,11-12H2,1-4H3/t18-/m0/s1. The summed E-state index contributed by atoms with van der Waals surface area (Å²) in [5.41, 5.74) is 4.25. The normalized spacial score (nSPS) is 14.8. The Hall–Kier alpha value is -2.27. The van der Waals surface area contributed by atoms with Crippen molar-refractivity contribution in [3.05, 3.63) is 58.7 Å². The molecule has 0 unspecified atom stereocenters. The molecule has 1 aromatic heterocycles. The summed E-state index contributed by atoms with van der Waals surface area (Å²) >= 11 is 0. The lowest BCUT2D eigenvalue weighted by Crippen LogP contribution is -2.37. The minimum atomic E-state index is -0.279. The molecule has 0 fully saturated rings. The van der Waals surface area contributed by atoms with Crippen molar-refractivity contribution in [1.82, 2.24) is 19.8 Å². The molecule has 1 amide bonds. The van der Waals surface area contributed by atoms with Gasteiger partial charge in [0.25, 0.3) is 0 Å². The number of nitrogens with zero attached hydrogens (tertiary/aromatic N) is 4. The second-order valence-electron chi connectivity index (χ2n) is 6.58. The minimum absolute atomic E-state index is 0.111. The summed E-state index contributed by atoms with van der Waals surface area (Å²) in [5, 5.41) is 0. The van der Waals surface area contributed by atoms with Crippen LogP contribution in [-0.2, 0) is 24.3 Å². The third-order valence-corrected chi connectivity index (χ3v) is 4.48. The zero-order valence-corrected chi connectivity index (χ0v) is 14.8. The molecule has 0 N–H and O–H groups in total. The zero-order valence-electron chi connectivity index (χ0n) is 14.8. The SMILES string of the molecule is CCc1ncc2c(n1)CN(C(=O)[C@H](c1ccc(C)cc1)N(C)C)C2. The second kappa shape index (κ2) is 6.69. The van der Waals surface area contributed by atoms with Gasteiger partial charge in [-0.3, -0.25) is 9.69 Å². The van der Waals surface area contributed by atoms with Crippen molar-refractivity contribution in [1.29, 1.82) is 0 Å². The first-order chi connectivity index (χ1) is 11.5. The highest BCUT2D eigenvalue weighted by Gasteiger charge is 2.32. The lowest BCUT2D eigenvalue weighted by molar-refractivity contribution is -0.137. The summed E-state index contributed by atoms with van der Waals surface area (Å²) < 4.78 is 0. The van der Waals surface area contributed by atoms with Crippen molar-refractivity contribution >= 4 is 5.91 Å². The fraction of sp³-hybridized carbons (Fsp3) is 0.421. The van der Waals surface area contributed by atoms with Gasteiger partial charge in [-0.05, 0) is 26.6 Å². The Morgan fingerprint density at radius 1 is 1.25 bits per heavy atom. The largest absolute Gasteiger partial charge is 0.331 e. The van der Waals surface area contributed by atoms with E-state index in [0.29, 0.717) is 13.1 Å². The maximum Gasteiger partial charge on any atom is 0.245 e. The van der Waals surface area contributed by atoms with Crippen molar-refractivity contribution in [2.75, 3.05) is 14.1 Å². The molecule has 0 saturated carbocycles. The van der Waals surface area contributed by atoms with Gasteiger partial charge >= 0.3 is 0 Å². The molecule has 2 heterocycles. The van der Waals surface area contributed by atoms with Crippen LogP contribution in [0.2, 0.25) is 0 Å². The molecule has 0 spiro atoms. The van der Waals surface area contributed by atoms with Crippen LogP contribution in [0.1, 0.15) is 41.2 Å². The molecule has 1 aliphatic rings. The summed E-state index contributed by atoms with van der Waals surface area (Å²) in [4.78, 5) is 25.9. The van der Waals surface area contributed by atoms with E-state index in [0.717, 1.165) is 29.1 Å². The highest BCUT2D eigenvalue weighted by Crippen LogP contribution is 2.27. The van der Waals surface area contributed by atoms with Crippen LogP contribution in [0.5, 0.6) is 0 Å². The van der Waals surface area contributed by atoms with Crippen LogP contribution in [0.4, 0.5) is 0 Å². The molecule has 24 heavy (non-hydrogen) atoms. The topological polar surface area (TPSA) is 49.3 Å². The number of aryl methyl sites for hydroxylation is 2. The predicted molar refractivity (Wildman–Crippen MR) is 93.3 cm³/mol. The maximum absolute atomic E-state index is 13.1. The summed E-state index contributed by atoms with van der Waals surface area (Å²) in [6.45, 7) is 5.25. The van der Waals surface area contributed by atoms with Gasteiger partial charge in [-0.25, -0.2) is 9.97 Å². The molecule has 0 aliphatic carbocycles. The number of likely N-dealkylation sites (N-methyl/N-ethyl adjacent to an activating group) is 1. The Bertz CT molecular complexity index is 740. The first kappa shape index (κ1) is 16.6. The van der Waals surface area contributed by atoms with Gasteiger partial charge in [0.15, 0.2) is 0 Å². The predicted octanol–water partition coefficient (Wildman–Crippen LogP) is 2.49. The summed E-state index contributed by atoms with van der Waals surface area (Å²) in [7, 11) is 3.89. The van der Waals surface area contributed by atoms with Crippen molar-refractivity contribution in [3.8, 4) is 0 Å². The quantitative estimate of drug-likeness (QED) is 0.867. The number of benzene rings is 1. The molecule has 126 valence electrons. The first-order valence-electron chi connectivity index (χ1n) is 8.35. The molecular weight excluding hydrogens is 300 g/mol. The smallest absolute Gasteiger partial charge is 0.245 e. The van der Waals surface area contributed by atoms with Gasteiger partial charge in [-0.1, -0.05) is 36.8 Å². The molecule has 1 atom stereocenters. The molecule has 0 saturated heterocycles. The van der Waals surface area contributed by atoms with E-state index in [9.17, 15) is 4.79 Å². The molecule has 2 aromatic rings. The van der Waals surface area contributed by atoms with Gasteiger partial charge in [-0.2, -0.15) is 0 Å². The van der Waals surface area contributed by atoms with Crippen LogP contribution in [-0.4, -0.2) is 39.8 Å². The second-order valence-corrected chi connectivity index (χ2v) is 6.58. The summed E-state index contributed by atoms with van der Waals surface area (Å²) in [5.74, 6) is 0.950. The van der Waals surface area contributed by atoms with Gasteiger partial charge in [0.2, 0.25) is 5.91 Å². The van der Waals surface area contributed by atoms with Crippen molar-refractivity contribution in [3.63, 3.8) is 0 Å². The summed E-state index contributed by atoms with van der Waals surface area (Å²) in [6.07, 6.45) is 2.68. The molecular formula is C19H24N4O. The fourth-order valence-corrected chi connectivity index (χ4v) is 3.10. The maximum atomic E-state index is 13.1. The number of aromatic nitrogens is 2. The van der Waals surface area contributed by atoms with Gasteiger partial charge < -0.3 is 4.90 Å². The van der Waals surface area contributed by atoms with E-state index in [4.69, 9.17) is 0 Å². The number of hydrogen-bond donors (Lipinski definition) is 0. The van der Waals surface area contributed by atoms with Gasteiger partial charge in [0.05, 0.1) is 12.2 Å². The molecule has 0 bridgehead atoms. The molecule has 5 nitrogen and oxygen atoms in total. The molecule has 1 aliphatic heterocycles. The molecule has 1 aromatic carbocycles. The Balaban J connectivity index is 1.83. The Morgan fingerprint density at radius 3 is 2.58 bits per heavy atom. The van der Waals surface area contributed by atoms with E-state index < -0.39 is 0 Å². The third kappa shape index (κ3) is 3.17. The Morgan fingerprint density at radius 2 is 1.96 bits per heavy atom. The molecule has 5 heteroatoms. The fourth-order valence-electron chi connectivity index (χ4n) is 3.10. The highest BCUT2D eigenvalue weighted by atomic mass is 16.2. The van der Waals surface area contributed by atoms with E-state index in [-0.39, 0.29) is 11.9 Å². The first-order valence-corrected chi connectivity index (χ1v) is 8.35. The van der Waals surface area contributed by atoms with E-state index in [1.807, 2.05) is 49.1 Å². The lowest BCUT2D eigenvalue weighted by Gasteiger charge is -2.28. The van der Waals surface area contributed by atoms with Crippen LogP contribution in [0.15, 0.2) is 30.5 Å². The monoisotopic (exact) mass is 324 g/mol. The van der Waals surface area contributed by atoms with E-state index in [1.54, 1.807) is 0 Å². The van der Waals surface area contributed by atoms with Gasteiger partial charge in [0, 0.05) is 24.7 Å². The van der Waals surface area contributed by atoms with Crippen molar-refractivity contribution in [2.45, 2.75) is 39.4 Å². The van der Waals surface area contributed by atoms with Crippen LogP contribution in [0, 0.1) is 6.92 Å². The Labute approximate surface area is 143 Å². The number of fused-ring (bicyclic) bond motifs is 1. The highest BCUT2D eigenvalue weighted by molar-refractivity contribution is 5.83. The Kier molecular flexibility index (Phi) is 4.62. The average Bonchev–Trinajstić information content (AvgIpc) is 2.99. The van der Waals surface area contributed by atoms with E-state index in [2.05, 4.69) is 29.0 Å². The molecule has 0 radical (unpaired) electrons. The minimum Gasteiger partial charge on any atom is -0.331 e. The van der Waals surface area contributed by atoms with E-state index >= 15 is 0 Å². The third-order valence-electron chi connectivity index (χ3n) is 4.48. The van der Waals surface area contributed by atoms with E-state index in [1.165, 1.54) is 5.56 Å². The van der Waals surface area contributed by atoms with Crippen molar-refractivity contribution in [2.24, 2.45) is 0 Å². The van der Waals surface area contributed by atoms with Crippen LogP contribution in [0.3, 0.4) is 0 Å². The number of carbonyl (C=O) groups excluding carboxylic acids is 1. The van der Waals surface area contributed by atoms with Crippen molar-refractivity contribution < 1.29 is 4.79 Å². The van der Waals surface area contributed by atoms with Crippen LogP contribution in [0.25, 0.3) is 0 Å².